The molecule has 5 heteroatoms. The minimum absolute atomic E-state index is 0.124. The number of aryl methyl sites for hydroxylation is 1. The Balaban J connectivity index is 2.24. The van der Waals surface area contributed by atoms with Crippen molar-refractivity contribution in [2.45, 2.75) is 13.5 Å². The van der Waals surface area contributed by atoms with Crippen LogP contribution in [0, 0.1) is 0 Å². The van der Waals surface area contributed by atoms with Crippen molar-refractivity contribution in [3.8, 4) is 11.3 Å². The number of hydrogen-bond donors (Lipinski definition) is 1. The molecule has 0 aliphatic heterocycles. The highest BCUT2D eigenvalue weighted by atomic mass is 16.1. The molecule has 3 rings (SSSR count). The Labute approximate surface area is 109 Å². The van der Waals surface area contributed by atoms with Crippen molar-refractivity contribution in [2.24, 2.45) is 0 Å². The summed E-state index contributed by atoms with van der Waals surface area (Å²) < 4.78 is 3.41. The summed E-state index contributed by atoms with van der Waals surface area (Å²) in [6, 6.07) is 10.9. The maximum atomic E-state index is 11.8. The molecular weight excluding hydrogens is 240 g/mol. The Morgan fingerprint density at radius 3 is 2.63 bits per heavy atom. The standard InChI is InChI=1S/C14H14N4O/c1-2-17-8-7-14(19)18-13(17)9-12(16-18)10-3-5-11(15)6-4-10/h3-9H,2,15H2,1H3. The van der Waals surface area contributed by atoms with Crippen LogP contribution in [0.2, 0.25) is 0 Å². The van der Waals surface area contributed by atoms with Gasteiger partial charge in [-0.3, -0.25) is 4.79 Å². The summed E-state index contributed by atoms with van der Waals surface area (Å²) in [4.78, 5) is 11.8. The molecule has 0 amide bonds. The maximum absolute atomic E-state index is 11.8. The number of fused-ring (bicyclic) bond motifs is 1. The lowest BCUT2D eigenvalue weighted by molar-refractivity contribution is 0.739. The Morgan fingerprint density at radius 2 is 1.95 bits per heavy atom. The average molecular weight is 254 g/mol. The summed E-state index contributed by atoms with van der Waals surface area (Å²) in [6.45, 7) is 2.82. The fourth-order valence-electron chi connectivity index (χ4n) is 2.10. The monoisotopic (exact) mass is 254 g/mol. The van der Waals surface area contributed by atoms with Crippen LogP contribution >= 0.6 is 0 Å². The molecule has 96 valence electrons. The first-order valence-electron chi connectivity index (χ1n) is 6.14. The number of aromatic nitrogens is 3. The Morgan fingerprint density at radius 1 is 1.21 bits per heavy atom. The minimum Gasteiger partial charge on any atom is -0.399 e. The van der Waals surface area contributed by atoms with E-state index < -0.39 is 0 Å². The second kappa shape index (κ2) is 4.28. The lowest BCUT2D eigenvalue weighted by Crippen LogP contribution is -2.16. The molecule has 0 bridgehead atoms. The molecule has 2 heterocycles. The van der Waals surface area contributed by atoms with E-state index in [1.54, 1.807) is 6.20 Å². The fraction of sp³-hybridized carbons (Fsp3) is 0.143. The van der Waals surface area contributed by atoms with Gasteiger partial charge in [0.05, 0.1) is 5.69 Å². The topological polar surface area (TPSA) is 65.3 Å². The molecular formula is C14H14N4O. The van der Waals surface area contributed by atoms with Crippen molar-refractivity contribution in [3.63, 3.8) is 0 Å². The molecule has 2 aromatic heterocycles. The smallest absolute Gasteiger partial charge is 0.274 e. The molecule has 0 aliphatic rings. The van der Waals surface area contributed by atoms with Crippen molar-refractivity contribution in [1.82, 2.24) is 14.2 Å². The van der Waals surface area contributed by atoms with Crippen LogP contribution in [-0.2, 0) is 6.54 Å². The van der Waals surface area contributed by atoms with E-state index in [4.69, 9.17) is 5.73 Å². The number of hydrogen-bond acceptors (Lipinski definition) is 3. The van der Waals surface area contributed by atoms with Crippen molar-refractivity contribution in [1.29, 1.82) is 0 Å². The number of benzene rings is 1. The quantitative estimate of drug-likeness (QED) is 0.709. The summed E-state index contributed by atoms with van der Waals surface area (Å²) >= 11 is 0. The molecule has 0 spiro atoms. The summed E-state index contributed by atoms with van der Waals surface area (Å²) in [6.07, 6.45) is 1.78. The van der Waals surface area contributed by atoms with Crippen LogP contribution < -0.4 is 11.3 Å². The van der Waals surface area contributed by atoms with Gasteiger partial charge in [-0.1, -0.05) is 12.1 Å². The van der Waals surface area contributed by atoms with E-state index in [9.17, 15) is 4.79 Å². The largest absolute Gasteiger partial charge is 0.399 e. The number of nitrogen functional groups attached to an aromatic ring is 1. The van der Waals surface area contributed by atoms with Crippen LogP contribution in [0.1, 0.15) is 6.92 Å². The van der Waals surface area contributed by atoms with Gasteiger partial charge in [0.25, 0.3) is 5.56 Å². The predicted octanol–water partition coefficient (Wildman–Crippen LogP) is 1.77. The van der Waals surface area contributed by atoms with E-state index in [0.717, 1.165) is 23.4 Å². The highest BCUT2D eigenvalue weighted by molar-refractivity contribution is 5.65. The lowest BCUT2D eigenvalue weighted by Gasteiger charge is -2.02. The molecule has 3 aromatic rings. The number of anilines is 1. The van der Waals surface area contributed by atoms with Crippen LogP contribution in [0.3, 0.4) is 0 Å². The van der Waals surface area contributed by atoms with Gasteiger partial charge in [0.15, 0.2) is 0 Å². The third-order valence-electron chi connectivity index (χ3n) is 3.14. The van der Waals surface area contributed by atoms with Gasteiger partial charge in [0.1, 0.15) is 5.65 Å². The Kier molecular flexibility index (Phi) is 2.59. The van der Waals surface area contributed by atoms with Gasteiger partial charge in [-0.05, 0) is 19.1 Å². The van der Waals surface area contributed by atoms with Gasteiger partial charge in [-0.25, -0.2) is 0 Å². The van der Waals surface area contributed by atoms with Crippen LogP contribution in [0.25, 0.3) is 16.9 Å². The van der Waals surface area contributed by atoms with Gasteiger partial charge < -0.3 is 10.3 Å². The van der Waals surface area contributed by atoms with E-state index in [1.165, 1.54) is 10.6 Å². The third kappa shape index (κ3) is 1.89. The van der Waals surface area contributed by atoms with Gasteiger partial charge in [0, 0.05) is 36.1 Å². The van der Waals surface area contributed by atoms with Gasteiger partial charge >= 0.3 is 0 Å². The van der Waals surface area contributed by atoms with E-state index >= 15 is 0 Å². The van der Waals surface area contributed by atoms with Crippen LogP contribution in [0.5, 0.6) is 0 Å². The van der Waals surface area contributed by atoms with Crippen LogP contribution in [0.15, 0.2) is 47.4 Å². The first kappa shape index (κ1) is 11.5. The highest BCUT2D eigenvalue weighted by Crippen LogP contribution is 2.20. The molecule has 0 radical (unpaired) electrons. The van der Waals surface area contributed by atoms with Gasteiger partial charge in [-0.15, -0.1) is 0 Å². The number of nitrogens with two attached hydrogens (primary N) is 1. The number of nitrogens with zero attached hydrogens (tertiary/aromatic N) is 3. The second-order valence-corrected chi connectivity index (χ2v) is 4.36. The molecule has 1 aromatic carbocycles. The molecule has 0 fully saturated rings. The Hall–Kier alpha value is -2.56. The van der Waals surface area contributed by atoms with E-state index in [1.807, 2.05) is 41.8 Å². The van der Waals surface area contributed by atoms with Crippen molar-refractivity contribution in [2.75, 3.05) is 5.73 Å². The maximum Gasteiger partial charge on any atom is 0.274 e. The summed E-state index contributed by atoms with van der Waals surface area (Å²) in [5.74, 6) is 0. The summed E-state index contributed by atoms with van der Waals surface area (Å²) in [5, 5.41) is 4.36. The van der Waals surface area contributed by atoms with Gasteiger partial charge in [-0.2, -0.15) is 9.61 Å². The van der Waals surface area contributed by atoms with Crippen molar-refractivity contribution < 1.29 is 0 Å². The molecule has 0 atom stereocenters. The average Bonchev–Trinajstić information content (AvgIpc) is 2.86. The zero-order valence-corrected chi connectivity index (χ0v) is 10.6. The van der Waals surface area contributed by atoms with Crippen molar-refractivity contribution in [3.05, 3.63) is 52.9 Å². The predicted molar refractivity (Wildman–Crippen MR) is 75.0 cm³/mol. The normalized spacial score (nSPS) is 11.0. The van der Waals surface area contributed by atoms with Gasteiger partial charge in [0.2, 0.25) is 0 Å². The zero-order chi connectivity index (χ0) is 13.4. The van der Waals surface area contributed by atoms with E-state index in [0.29, 0.717) is 5.69 Å². The third-order valence-corrected chi connectivity index (χ3v) is 3.14. The Bertz CT molecular complexity index is 783. The SMILES string of the molecule is CCn1ccc(=O)n2nc(-c3ccc(N)cc3)cc12. The van der Waals surface area contributed by atoms with Crippen LogP contribution in [-0.4, -0.2) is 14.2 Å². The molecule has 0 aliphatic carbocycles. The number of rotatable bonds is 2. The second-order valence-electron chi connectivity index (χ2n) is 4.36. The van der Waals surface area contributed by atoms with E-state index in [2.05, 4.69) is 5.10 Å². The first-order chi connectivity index (χ1) is 9.19. The van der Waals surface area contributed by atoms with Crippen LogP contribution in [0.4, 0.5) is 5.69 Å². The lowest BCUT2D eigenvalue weighted by atomic mass is 10.1. The molecule has 19 heavy (non-hydrogen) atoms. The zero-order valence-electron chi connectivity index (χ0n) is 10.6. The summed E-state index contributed by atoms with van der Waals surface area (Å²) in [7, 11) is 0. The van der Waals surface area contributed by atoms with E-state index in [-0.39, 0.29) is 5.56 Å². The summed E-state index contributed by atoms with van der Waals surface area (Å²) in [5.41, 5.74) is 8.76. The highest BCUT2D eigenvalue weighted by Gasteiger charge is 2.08. The molecule has 0 saturated carbocycles. The fourth-order valence-corrected chi connectivity index (χ4v) is 2.10. The molecule has 0 saturated heterocycles. The van der Waals surface area contributed by atoms with Crippen molar-refractivity contribution >= 4 is 11.3 Å². The molecule has 0 unspecified atom stereocenters. The first-order valence-corrected chi connectivity index (χ1v) is 6.14. The molecule has 2 N–H and O–H groups in total. The molecule has 5 nitrogen and oxygen atoms in total. The minimum atomic E-state index is -0.124.